The van der Waals surface area contributed by atoms with E-state index in [1.807, 2.05) is 59.5 Å². The van der Waals surface area contributed by atoms with Crippen LogP contribution in [0.1, 0.15) is 25.3 Å². The zero-order valence-corrected chi connectivity index (χ0v) is 18.4. The van der Waals surface area contributed by atoms with Crippen LogP contribution in [0.3, 0.4) is 0 Å². The van der Waals surface area contributed by atoms with Crippen molar-refractivity contribution < 1.29 is 13.2 Å². The molecule has 3 aromatic rings. The third-order valence-corrected chi connectivity index (χ3v) is 7.24. The summed E-state index contributed by atoms with van der Waals surface area (Å²) in [5.74, 6) is 0.112. The van der Waals surface area contributed by atoms with Gasteiger partial charge >= 0.3 is 0 Å². The molecule has 3 aromatic carbocycles. The number of hydrogen-bond acceptors (Lipinski definition) is 4. The normalized spacial score (nSPS) is 15.2. The first kappa shape index (κ1) is 21.3. The Morgan fingerprint density at radius 1 is 0.935 bits per heavy atom. The number of anilines is 1. The molecule has 1 aliphatic rings. The standard InChI is InChI=1S/C24H27N3O3S/c1-18(28)27-15-13-20(14-16-27)26-23-11-5-10-22-21(23)9-6-12-24(22)31(29,30)25-17-19-7-3-2-4-8-19/h2-12,20,25-26H,13-17H2,1H3. The molecule has 4 rings (SSSR count). The number of amides is 1. The average Bonchev–Trinajstić information content (AvgIpc) is 2.79. The number of nitrogens with zero attached hydrogens (tertiary/aromatic N) is 1. The Labute approximate surface area is 183 Å². The van der Waals surface area contributed by atoms with Crippen molar-refractivity contribution in [2.75, 3.05) is 18.4 Å². The van der Waals surface area contributed by atoms with E-state index < -0.39 is 10.0 Å². The second-order valence-corrected chi connectivity index (χ2v) is 9.63. The van der Waals surface area contributed by atoms with Crippen LogP contribution in [-0.4, -0.2) is 38.4 Å². The zero-order valence-electron chi connectivity index (χ0n) is 17.5. The summed E-state index contributed by atoms with van der Waals surface area (Å²) in [6, 6.07) is 20.8. The number of hydrogen-bond donors (Lipinski definition) is 2. The lowest BCUT2D eigenvalue weighted by atomic mass is 10.0. The van der Waals surface area contributed by atoms with Gasteiger partial charge in [-0.3, -0.25) is 4.79 Å². The molecule has 6 nitrogen and oxygen atoms in total. The van der Waals surface area contributed by atoms with Crippen molar-refractivity contribution in [1.29, 1.82) is 0 Å². The number of piperidine rings is 1. The zero-order chi connectivity index (χ0) is 21.8. The van der Waals surface area contributed by atoms with Crippen molar-refractivity contribution in [2.45, 2.75) is 37.2 Å². The van der Waals surface area contributed by atoms with Crippen molar-refractivity contribution in [1.82, 2.24) is 9.62 Å². The van der Waals surface area contributed by atoms with Gasteiger partial charge in [0.2, 0.25) is 15.9 Å². The van der Waals surface area contributed by atoms with Crippen LogP contribution >= 0.6 is 0 Å². The molecule has 31 heavy (non-hydrogen) atoms. The predicted octanol–water partition coefficient (Wildman–Crippen LogP) is 3.74. The number of fused-ring (bicyclic) bond motifs is 1. The molecule has 0 bridgehead atoms. The molecular weight excluding hydrogens is 410 g/mol. The number of carbonyl (C=O) groups is 1. The van der Waals surface area contributed by atoms with Gasteiger partial charge in [-0.1, -0.05) is 54.6 Å². The van der Waals surface area contributed by atoms with Gasteiger partial charge in [-0.2, -0.15) is 0 Å². The Morgan fingerprint density at radius 2 is 1.61 bits per heavy atom. The molecule has 1 aliphatic heterocycles. The van der Waals surface area contributed by atoms with Gasteiger partial charge in [0, 0.05) is 49.1 Å². The van der Waals surface area contributed by atoms with Gasteiger partial charge in [0.05, 0.1) is 4.90 Å². The molecule has 7 heteroatoms. The molecule has 1 amide bonds. The maximum absolute atomic E-state index is 13.1. The van der Waals surface area contributed by atoms with E-state index in [2.05, 4.69) is 10.0 Å². The molecule has 0 aromatic heterocycles. The highest BCUT2D eigenvalue weighted by Crippen LogP contribution is 2.30. The average molecular weight is 438 g/mol. The Bertz CT molecular complexity index is 1170. The lowest BCUT2D eigenvalue weighted by molar-refractivity contribution is -0.129. The molecule has 0 saturated carbocycles. The molecule has 1 heterocycles. The Kier molecular flexibility index (Phi) is 6.25. The van der Waals surface area contributed by atoms with Crippen LogP contribution in [0, 0.1) is 0 Å². The summed E-state index contributed by atoms with van der Waals surface area (Å²) in [5.41, 5.74) is 1.82. The summed E-state index contributed by atoms with van der Waals surface area (Å²) in [4.78, 5) is 13.7. The fourth-order valence-corrected chi connectivity index (χ4v) is 5.29. The summed E-state index contributed by atoms with van der Waals surface area (Å²) in [5, 5.41) is 5.13. The maximum atomic E-state index is 13.1. The minimum absolute atomic E-state index is 0.112. The van der Waals surface area contributed by atoms with Crippen molar-refractivity contribution in [2.24, 2.45) is 0 Å². The summed E-state index contributed by atoms with van der Waals surface area (Å²) in [7, 11) is -3.67. The van der Waals surface area contributed by atoms with Gasteiger partial charge in [0.1, 0.15) is 0 Å². The van der Waals surface area contributed by atoms with E-state index in [-0.39, 0.29) is 23.4 Å². The highest BCUT2D eigenvalue weighted by atomic mass is 32.2. The Balaban J connectivity index is 1.56. The number of likely N-dealkylation sites (tertiary alicyclic amines) is 1. The molecule has 2 N–H and O–H groups in total. The van der Waals surface area contributed by atoms with Gasteiger partial charge in [-0.05, 0) is 30.5 Å². The van der Waals surface area contributed by atoms with Gasteiger partial charge in [0.25, 0.3) is 0 Å². The van der Waals surface area contributed by atoms with Crippen LogP contribution < -0.4 is 10.0 Å². The number of nitrogens with one attached hydrogen (secondary N) is 2. The molecule has 0 atom stereocenters. The Hall–Kier alpha value is -2.90. The summed E-state index contributed by atoms with van der Waals surface area (Å²) in [6.07, 6.45) is 1.74. The first-order chi connectivity index (χ1) is 14.9. The molecule has 0 unspecified atom stereocenters. The van der Waals surface area contributed by atoms with E-state index in [0.717, 1.165) is 42.6 Å². The van der Waals surface area contributed by atoms with E-state index in [4.69, 9.17) is 0 Å². The number of rotatable bonds is 6. The second-order valence-electron chi connectivity index (χ2n) is 7.89. The number of sulfonamides is 1. The van der Waals surface area contributed by atoms with Gasteiger partial charge in [-0.15, -0.1) is 0 Å². The third-order valence-electron chi connectivity index (χ3n) is 5.78. The molecule has 0 spiro atoms. The van der Waals surface area contributed by atoms with Gasteiger partial charge in [0.15, 0.2) is 0 Å². The van der Waals surface area contributed by atoms with Crippen LogP contribution in [0.2, 0.25) is 0 Å². The monoisotopic (exact) mass is 437 g/mol. The van der Waals surface area contributed by atoms with Crippen molar-refractivity contribution >= 4 is 32.4 Å². The molecule has 0 radical (unpaired) electrons. The topological polar surface area (TPSA) is 78.5 Å². The van der Waals surface area contributed by atoms with Crippen molar-refractivity contribution in [3.63, 3.8) is 0 Å². The highest BCUT2D eigenvalue weighted by molar-refractivity contribution is 7.89. The number of carbonyl (C=O) groups excluding carboxylic acids is 1. The lowest BCUT2D eigenvalue weighted by Crippen LogP contribution is -2.41. The predicted molar refractivity (Wildman–Crippen MR) is 123 cm³/mol. The smallest absolute Gasteiger partial charge is 0.241 e. The molecule has 1 fully saturated rings. The third kappa shape index (κ3) is 4.89. The lowest BCUT2D eigenvalue weighted by Gasteiger charge is -2.32. The van der Waals surface area contributed by atoms with E-state index in [9.17, 15) is 13.2 Å². The molecule has 162 valence electrons. The fourth-order valence-electron chi connectivity index (χ4n) is 4.05. The fraction of sp³-hybridized carbons (Fsp3) is 0.292. The molecular formula is C24H27N3O3S. The van der Waals surface area contributed by atoms with Crippen LogP contribution in [0.4, 0.5) is 5.69 Å². The van der Waals surface area contributed by atoms with Crippen LogP contribution in [0.25, 0.3) is 10.8 Å². The van der Waals surface area contributed by atoms with Crippen molar-refractivity contribution in [3.05, 3.63) is 72.3 Å². The first-order valence-electron chi connectivity index (χ1n) is 10.5. The first-order valence-corrected chi connectivity index (χ1v) is 12.0. The Morgan fingerprint density at radius 3 is 2.32 bits per heavy atom. The van der Waals surface area contributed by atoms with Gasteiger partial charge in [-0.25, -0.2) is 13.1 Å². The largest absolute Gasteiger partial charge is 0.382 e. The summed E-state index contributed by atoms with van der Waals surface area (Å²) in [6.45, 7) is 3.32. The molecule has 0 aliphatic carbocycles. The van der Waals surface area contributed by atoms with E-state index >= 15 is 0 Å². The van der Waals surface area contributed by atoms with Crippen LogP contribution in [-0.2, 0) is 21.4 Å². The van der Waals surface area contributed by atoms with Crippen LogP contribution in [0.5, 0.6) is 0 Å². The SMILES string of the molecule is CC(=O)N1CCC(Nc2cccc3c(S(=O)(=O)NCc4ccccc4)cccc23)CC1. The van der Waals surface area contributed by atoms with Crippen LogP contribution in [0.15, 0.2) is 71.6 Å². The number of benzene rings is 3. The summed E-state index contributed by atoms with van der Waals surface area (Å²) >= 11 is 0. The van der Waals surface area contributed by atoms with Gasteiger partial charge < -0.3 is 10.2 Å². The highest BCUT2D eigenvalue weighted by Gasteiger charge is 2.22. The quantitative estimate of drug-likeness (QED) is 0.616. The minimum atomic E-state index is -3.67. The second kappa shape index (κ2) is 9.08. The van der Waals surface area contributed by atoms with E-state index in [1.165, 1.54) is 0 Å². The molecule has 1 saturated heterocycles. The van der Waals surface area contributed by atoms with Crippen molar-refractivity contribution in [3.8, 4) is 0 Å². The van der Waals surface area contributed by atoms with E-state index in [0.29, 0.717) is 5.39 Å². The minimum Gasteiger partial charge on any atom is -0.382 e. The summed E-state index contributed by atoms with van der Waals surface area (Å²) < 4.78 is 28.8. The maximum Gasteiger partial charge on any atom is 0.241 e. The van der Waals surface area contributed by atoms with E-state index in [1.54, 1.807) is 19.1 Å².